The first-order valence-corrected chi connectivity index (χ1v) is 23.0. The minimum absolute atomic E-state index is 0.00172. The summed E-state index contributed by atoms with van der Waals surface area (Å²) in [5, 5.41) is 0. The molecule has 0 amide bonds. The molecule has 0 N–H and O–H groups in total. The van der Waals surface area contributed by atoms with Crippen LogP contribution >= 0.6 is 0 Å². The Labute approximate surface area is 320 Å². The van der Waals surface area contributed by atoms with E-state index in [1.165, 1.54) is 173 Å². The SMILES string of the molecule is CCCCCCCCCCCCCCCCCC(=O)OCCCC.CCCCCCCCCCCCCCCCCC(=O)OCCOCCCC. The van der Waals surface area contributed by atoms with Crippen LogP contribution in [0.15, 0.2) is 0 Å². The molecule has 0 saturated heterocycles. The molecule has 0 unspecified atom stereocenters. The fourth-order valence-corrected chi connectivity index (χ4v) is 6.32. The van der Waals surface area contributed by atoms with Crippen molar-refractivity contribution in [1.29, 1.82) is 0 Å². The van der Waals surface area contributed by atoms with Crippen molar-refractivity contribution in [3.63, 3.8) is 0 Å². The van der Waals surface area contributed by atoms with Crippen LogP contribution in [-0.4, -0.2) is 38.4 Å². The first kappa shape index (κ1) is 52.0. The average Bonchev–Trinajstić information content (AvgIpc) is 3.13. The van der Waals surface area contributed by atoms with E-state index < -0.39 is 0 Å². The van der Waals surface area contributed by atoms with Crippen LogP contribution in [0.5, 0.6) is 0 Å². The molecule has 0 aromatic rings. The molecule has 0 aromatic heterocycles. The van der Waals surface area contributed by atoms with Crippen molar-refractivity contribution in [2.24, 2.45) is 0 Å². The van der Waals surface area contributed by atoms with Gasteiger partial charge in [0, 0.05) is 19.4 Å². The van der Waals surface area contributed by atoms with Crippen molar-refractivity contribution in [2.45, 2.75) is 259 Å². The number of carbonyl (C=O) groups is 2. The molecule has 0 aromatic carbocycles. The van der Waals surface area contributed by atoms with E-state index in [9.17, 15) is 9.59 Å². The highest BCUT2D eigenvalue weighted by Crippen LogP contribution is 2.15. The molecule has 306 valence electrons. The van der Waals surface area contributed by atoms with Gasteiger partial charge in [-0.15, -0.1) is 0 Å². The third kappa shape index (κ3) is 51.1. The van der Waals surface area contributed by atoms with Crippen molar-refractivity contribution >= 4 is 11.9 Å². The summed E-state index contributed by atoms with van der Waals surface area (Å²) in [5.74, 6) is -0.0677. The Bertz CT molecular complexity index is 652. The Kier molecular flexibility index (Phi) is 49.9. The lowest BCUT2D eigenvalue weighted by atomic mass is 10.0. The zero-order valence-electron chi connectivity index (χ0n) is 35.3. The van der Waals surface area contributed by atoms with E-state index in [-0.39, 0.29) is 11.9 Å². The second-order valence-electron chi connectivity index (χ2n) is 15.2. The van der Waals surface area contributed by atoms with E-state index in [4.69, 9.17) is 14.2 Å². The molecular weight excluding hydrogens is 633 g/mol. The van der Waals surface area contributed by atoms with Gasteiger partial charge >= 0.3 is 11.9 Å². The Hall–Kier alpha value is -1.10. The molecule has 0 fully saturated rings. The normalized spacial score (nSPS) is 11.0. The predicted octanol–water partition coefficient (Wildman–Crippen LogP) is 15.2. The van der Waals surface area contributed by atoms with Gasteiger partial charge in [0.15, 0.2) is 0 Å². The van der Waals surface area contributed by atoms with Crippen LogP contribution in [0.4, 0.5) is 0 Å². The van der Waals surface area contributed by atoms with Gasteiger partial charge in [0.05, 0.1) is 13.2 Å². The molecule has 0 rings (SSSR count). The Morgan fingerprint density at radius 3 is 0.843 bits per heavy atom. The fourth-order valence-electron chi connectivity index (χ4n) is 6.32. The number of carbonyl (C=O) groups excluding carboxylic acids is 2. The van der Waals surface area contributed by atoms with Gasteiger partial charge in [-0.1, -0.05) is 220 Å². The maximum absolute atomic E-state index is 11.6. The zero-order valence-corrected chi connectivity index (χ0v) is 35.3. The summed E-state index contributed by atoms with van der Waals surface area (Å²) in [7, 11) is 0. The van der Waals surface area contributed by atoms with Gasteiger partial charge in [0.25, 0.3) is 0 Å². The number of hydrogen-bond acceptors (Lipinski definition) is 5. The number of ether oxygens (including phenoxy) is 3. The lowest BCUT2D eigenvalue weighted by molar-refractivity contribution is -0.145. The van der Waals surface area contributed by atoms with E-state index in [0.29, 0.717) is 32.7 Å². The number of esters is 2. The molecule has 0 spiro atoms. The van der Waals surface area contributed by atoms with Crippen LogP contribution in [-0.2, 0) is 23.8 Å². The summed E-state index contributed by atoms with van der Waals surface area (Å²) in [6, 6.07) is 0. The van der Waals surface area contributed by atoms with Gasteiger partial charge in [-0.05, 0) is 25.7 Å². The van der Waals surface area contributed by atoms with Crippen LogP contribution in [0.1, 0.15) is 259 Å². The smallest absolute Gasteiger partial charge is 0.305 e. The summed E-state index contributed by atoms with van der Waals surface area (Å²) < 4.78 is 15.7. The second-order valence-corrected chi connectivity index (χ2v) is 15.2. The van der Waals surface area contributed by atoms with Crippen molar-refractivity contribution in [3.8, 4) is 0 Å². The van der Waals surface area contributed by atoms with E-state index >= 15 is 0 Å². The van der Waals surface area contributed by atoms with Crippen LogP contribution < -0.4 is 0 Å². The summed E-state index contributed by atoms with van der Waals surface area (Å²) in [5.41, 5.74) is 0. The van der Waals surface area contributed by atoms with E-state index in [1.54, 1.807) is 0 Å². The van der Waals surface area contributed by atoms with Crippen molar-refractivity contribution in [2.75, 3.05) is 26.4 Å². The predicted molar refractivity (Wildman–Crippen MR) is 222 cm³/mol. The monoisotopic (exact) mass is 725 g/mol. The molecule has 5 heteroatoms. The van der Waals surface area contributed by atoms with Crippen LogP contribution in [0.25, 0.3) is 0 Å². The molecule has 0 bridgehead atoms. The molecule has 0 atom stereocenters. The summed E-state index contributed by atoms with van der Waals surface area (Å²) in [6.07, 6.45) is 46.0. The molecular formula is C46H92O5. The molecule has 0 radical (unpaired) electrons. The molecule has 0 aliphatic rings. The third-order valence-electron chi connectivity index (χ3n) is 9.86. The van der Waals surface area contributed by atoms with Gasteiger partial charge in [-0.2, -0.15) is 0 Å². The van der Waals surface area contributed by atoms with Crippen LogP contribution in [0.3, 0.4) is 0 Å². The summed E-state index contributed by atoms with van der Waals surface area (Å²) >= 11 is 0. The Morgan fingerprint density at radius 1 is 0.275 bits per heavy atom. The topological polar surface area (TPSA) is 61.8 Å². The maximum Gasteiger partial charge on any atom is 0.305 e. The average molecular weight is 725 g/mol. The molecule has 0 aliphatic heterocycles. The highest BCUT2D eigenvalue weighted by atomic mass is 16.6. The fraction of sp³-hybridized carbons (Fsp3) is 0.957. The van der Waals surface area contributed by atoms with Crippen molar-refractivity contribution in [1.82, 2.24) is 0 Å². The van der Waals surface area contributed by atoms with E-state index in [0.717, 1.165) is 51.6 Å². The molecule has 0 aliphatic carbocycles. The highest BCUT2D eigenvalue weighted by molar-refractivity contribution is 5.69. The quantitative estimate of drug-likeness (QED) is 0.0464. The zero-order chi connectivity index (χ0) is 37.6. The maximum atomic E-state index is 11.6. The minimum atomic E-state index is -0.0659. The second kappa shape index (κ2) is 48.9. The first-order valence-electron chi connectivity index (χ1n) is 23.0. The van der Waals surface area contributed by atoms with E-state index in [2.05, 4.69) is 27.7 Å². The molecule has 5 nitrogen and oxygen atoms in total. The highest BCUT2D eigenvalue weighted by Gasteiger charge is 2.03. The van der Waals surface area contributed by atoms with Crippen LogP contribution in [0, 0.1) is 0 Å². The standard InChI is InChI=1S/C24H48O3.C22H44O2/c1-3-5-7-8-9-10-11-12-13-14-15-16-17-18-19-20-24(25)27-23-22-26-21-6-4-2;1-3-5-7-8-9-10-11-12-13-14-15-16-17-18-19-20-22(23)24-21-6-4-2/h3-23H2,1-2H3;3-21H2,1-2H3. The van der Waals surface area contributed by atoms with Gasteiger partial charge in [-0.3, -0.25) is 9.59 Å². The van der Waals surface area contributed by atoms with Gasteiger partial charge in [0.1, 0.15) is 6.61 Å². The molecule has 0 heterocycles. The lowest BCUT2D eigenvalue weighted by Gasteiger charge is -2.06. The van der Waals surface area contributed by atoms with Gasteiger partial charge < -0.3 is 14.2 Å². The third-order valence-corrected chi connectivity index (χ3v) is 9.86. The van der Waals surface area contributed by atoms with E-state index in [1.807, 2.05) is 0 Å². The van der Waals surface area contributed by atoms with Gasteiger partial charge in [0.2, 0.25) is 0 Å². The van der Waals surface area contributed by atoms with Gasteiger partial charge in [-0.25, -0.2) is 0 Å². The largest absolute Gasteiger partial charge is 0.466 e. The first-order chi connectivity index (χ1) is 25.1. The summed E-state index contributed by atoms with van der Waals surface area (Å²) in [4.78, 5) is 23.0. The summed E-state index contributed by atoms with van der Waals surface area (Å²) in [6.45, 7) is 11.1. The lowest BCUT2D eigenvalue weighted by Crippen LogP contribution is -2.10. The number of rotatable bonds is 41. The number of unbranched alkanes of at least 4 members (excludes halogenated alkanes) is 30. The van der Waals surface area contributed by atoms with Crippen molar-refractivity contribution < 1.29 is 23.8 Å². The molecule has 0 saturated carbocycles. The van der Waals surface area contributed by atoms with Crippen molar-refractivity contribution in [3.05, 3.63) is 0 Å². The number of hydrogen-bond donors (Lipinski definition) is 0. The Morgan fingerprint density at radius 2 is 0.529 bits per heavy atom. The Balaban J connectivity index is 0. The van der Waals surface area contributed by atoms with Crippen LogP contribution in [0.2, 0.25) is 0 Å². The molecule has 51 heavy (non-hydrogen) atoms. The minimum Gasteiger partial charge on any atom is -0.466 e.